The van der Waals surface area contributed by atoms with E-state index in [-0.39, 0.29) is 11.1 Å². The molecule has 0 spiro atoms. The maximum absolute atomic E-state index is 10.4. The van der Waals surface area contributed by atoms with E-state index >= 15 is 0 Å². The van der Waals surface area contributed by atoms with Crippen LogP contribution in [0.15, 0.2) is 24.3 Å². The summed E-state index contributed by atoms with van der Waals surface area (Å²) in [7, 11) is -0.879. The first kappa shape index (κ1) is 27.6. The Morgan fingerprint density at radius 2 is 1.00 bits per heavy atom. The largest absolute Gasteiger partial charge is 0.478 e. The quantitative estimate of drug-likeness (QED) is 0.313. The van der Waals surface area contributed by atoms with Crippen molar-refractivity contribution in [2.24, 2.45) is 0 Å². The summed E-state index contributed by atoms with van der Waals surface area (Å²) in [4.78, 5) is 20.8. The second kappa shape index (κ2) is 16.4. The fraction of sp³-hybridized carbons (Fsp3) is 0.667. The predicted molar refractivity (Wildman–Crippen MR) is 128 cm³/mol. The Kier molecular flexibility index (Phi) is 15.6. The van der Waals surface area contributed by atoms with Gasteiger partial charge in [-0.05, 0) is 18.2 Å². The van der Waals surface area contributed by atoms with Gasteiger partial charge in [0.1, 0.15) is 0 Å². The summed E-state index contributed by atoms with van der Waals surface area (Å²) in [5.74, 6) is -2.25. The van der Waals surface area contributed by atoms with Crippen molar-refractivity contribution in [3.05, 3.63) is 35.4 Å². The summed E-state index contributed by atoms with van der Waals surface area (Å²) < 4.78 is 0. The standard InChI is InChI=1S/C16H37P.C8H6O4/c1-5-9-13-17(14-10-6-2,15-11-7-3)16-12-8-4;9-7(10)5-2-1-3-6(4-5)8(11)12/h17H,5-16H2,1-4H3;1-4H,(H,9,10)(H,11,12). The van der Waals surface area contributed by atoms with E-state index in [9.17, 15) is 9.59 Å². The van der Waals surface area contributed by atoms with E-state index in [2.05, 4.69) is 27.7 Å². The first-order valence-corrected chi connectivity index (χ1v) is 14.2. The van der Waals surface area contributed by atoms with Gasteiger partial charge in [-0.15, -0.1) is 0 Å². The molecule has 0 aliphatic carbocycles. The van der Waals surface area contributed by atoms with Crippen LogP contribution in [-0.2, 0) is 0 Å². The van der Waals surface area contributed by atoms with E-state index in [0.717, 1.165) is 6.07 Å². The van der Waals surface area contributed by atoms with Gasteiger partial charge in [-0.3, -0.25) is 0 Å². The predicted octanol–water partition coefficient (Wildman–Crippen LogP) is 7.02. The van der Waals surface area contributed by atoms with Crippen LogP contribution in [0.3, 0.4) is 0 Å². The molecule has 0 atom stereocenters. The number of carbonyl (C=O) groups is 2. The fourth-order valence-corrected chi connectivity index (χ4v) is 9.66. The van der Waals surface area contributed by atoms with Crippen LogP contribution in [0.1, 0.15) is 99.8 Å². The molecule has 0 heterocycles. The third-order valence-electron chi connectivity index (χ3n) is 5.60. The summed E-state index contributed by atoms with van der Waals surface area (Å²) in [5, 5.41) is 17.0. The third kappa shape index (κ3) is 12.0. The number of hydrogen-bond donors (Lipinski definition) is 2. The number of benzene rings is 1. The molecule has 0 aliphatic heterocycles. The van der Waals surface area contributed by atoms with Gasteiger partial charge in [0, 0.05) is 0 Å². The summed E-state index contributed by atoms with van der Waals surface area (Å²) in [6.07, 6.45) is 18.1. The minimum absolute atomic E-state index is 0.0186. The zero-order valence-electron chi connectivity index (χ0n) is 19.0. The monoisotopic (exact) mass is 426 g/mol. The Morgan fingerprint density at radius 1 is 0.690 bits per heavy atom. The van der Waals surface area contributed by atoms with Crippen LogP contribution < -0.4 is 0 Å². The van der Waals surface area contributed by atoms with Crippen molar-refractivity contribution in [1.29, 1.82) is 0 Å². The van der Waals surface area contributed by atoms with Crippen molar-refractivity contribution in [3.63, 3.8) is 0 Å². The zero-order chi connectivity index (χ0) is 22.1. The third-order valence-corrected chi connectivity index (χ3v) is 11.3. The topological polar surface area (TPSA) is 74.6 Å². The van der Waals surface area contributed by atoms with E-state index in [1.807, 2.05) is 0 Å². The van der Waals surface area contributed by atoms with E-state index in [1.165, 1.54) is 69.6 Å². The number of carboxylic acids is 2. The minimum atomic E-state index is -1.13. The van der Waals surface area contributed by atoms with E-state index < -0.39 is 19.2 Å². The van der Waals surface area contributed by atoms with Crippen molar-refractivity contribution in [2.45, 2.75) is 79.1 Å². The zero-order valence-corrected chi connectivity index (χ0v) is 20.0. The molecule has 2 N–H and O–H groups in total. The molecule has 1 aromatic rings. The number of unbranched alkanes of at least 4 members (excludes halogenated alkanes) is 4. The van der Waals surface area contributed by atoms with E-state index in [0.29, 0.717) is 0 Å². The molecule has 0 fully saturated rings. The van der Waals surface area contributed by atoms with Crippen LogP contribution in [0.5, 0.6) is 0 Å². The molecule has 29 heavy (non-hydrogen) atoms. The number of hydrogen-bond acceptors (Lipinski definition) is 2. The minimum Gasteiger partial charge on any atom is -0.478 e. The molecule has 0 saturated heterocycles. The van der Waals surface area contributed by atoms with Crippen LogP contribution in [0.4, 0.5) is 0 Å². The Labute approximate surface area is 178 Å². The van der Waals surface area contributed by atoms with Gasteiger partial charge < -0.3 is 10.2 Å². The van der Waals surface area contributed by atoms with Crippen LogP contribution >= 0.6 is 7.26 Å². The van der Waals surface area contributed by atoms with Crippen LogP contribution in [-0.4, -0.2) is 46.8 Å². The maximum Gasteiger partial charge on any atom is 0.335 e. The molecular formula is C24H43O4P. The van der Waals surface area contributed by atoms with Gasteiger partial charge >= 0.3 is 123 Å². The average Bonchev–Trinajstić information content (AvgIpc) is 2.73. The summed E-state index contributed by atoms with van der Waals surface area (Å²) >= 11 is 0. The molecule has 168 valence electrons. The molecule has 0 radical (unpaired) electrons. The molecule has 1 aromatic carbocycles. The number of carboxylic acid groups (broad SMARTS) is 2. The Hall–Kier alpha value is -1.41. The normalized spacial score (nSPS) is 11.4. The van der Waals surface area contributed by atoms with Crippen LogP contribution in [0.25, 0.3) is 0 Å². The second-order valence-electron chi connectivity index (χ2n) is 8.11. The van der Waals surface area contributed by atoms with Crippen molar-refractivity contribution in [2.75, 3.05) is 24.6 Å². The molecule has 0 aliphatic rings. The van der Waals surface area contributed by atoms with Crippen molar-refractivity contribution in [3.8, 4) is 0 Å². The Bertz CT molecular complexity index is 519. The maximum atomic E-state index is 10.4. The van der Waals surface area contributed by atoms with Gasteiger partial charge in [0.25, 0.3) is 0 Å². The van der Waals surface area contributed by atoms with E-state index in [1.54, 1.807) is 24.6 Å². The smallest absolute Gasteiger partial charge is 0.335 e. The van der Waals surface area contributed by atoms with Crippen LogP contribution in [0.2, 0.25) is 0 Å². The first-order valence-electron chi connectivity index (χ1n) is 11.4. The summed E-state index contributed by atoms with van der Waals surface area (Å²) in [6.45, 7) is 9.44. The fourth-order valence-electron chi connectivity index (χ4n) is 3.74. The molecule has 4 nitrogen and oxygen atoms in total. The molecule has 5 heteroatoms. The average molecular weight is 427 g/mol. The van der Waals surface area contributed by atoms with Gasteiger partial charge in [0.2, 0.25) is 0 Å². The van der Waals surface area contributed by atoms with Gasteiger partial charge in [0.05, 0.1) is 11.1 Å². The Morgan fingerprint density at radius 3 is 1.24 bits per heavy atom. The van der Waals surface area contributed by atoms with E-state index in [4.69, 9.17) is 10.2 Å². The summed E-state index contributed by atoms with van der Waals surface area (Å²) in [6, 6.07) is 5.20. The second-order valence-corrected chi connectivity index (χ2v) is 13.1. The molecule has 1 rings (SSSR count). The van der Waals surface area contributed by atoms with Gasteiger partial charge in [0.15, 0.2) is 0 Å². The summed E-state index contributed by atoms with van der Waals surface area (Å²) in [5.41, 5.74) is -0.0372. The number of aromatic carboxylic acids is 2. The van der Waals surface area contributed by atoms with Crippen molar-refractivity contribution < 1.29 is 19.8 Å². The SMILES string of the molecule is CCCC[PH](CCCC)(CCCC)CCCC.O=C(O)c1cccc(C(=O)O)c1. The van der Waals surface area contributed by atoms with Crippen molar-refractivity contribution in [1.82, 2.24) is 0 Å². The molecule has 0 bridgehead atoms. The number of rotatable bonds is 14. The van der Waals surface area contributed by atoms with Gasteiger partial charge in [-0.25, -0.2) is 9.59 Å². The molecule has 0 unspecified atom stereocenters. The molecular weight excluding hydrogens is 383 g/mol. The molecule has 0 aromatic heterocycles. The molecule has 0 amide bonds. The van der Waals surface area contributed by atoms with Gasteiger partial charge in [-0.2, -0.15) is 0 Å². The van der Waals surface area contributed by atoms with Crippen molar-refractivity contribution >= 4 is 19.2 Å². The Balaban J connectivity index is 0.000000571. The van der Waals surface area contributed by atoms with Gasteiger partial charge in [-0.1, -0.05) is 6.07 Å². The van der Waals surface area contributed by atoms with Crippen LogP contribution in [0, 0.1) is 0 Å². The molecule has 0 saturated carbocycles. The first-order chi connectivity index (χ1) is 13.9.